The summed E-state index contributed by atoms with van der Waals surface area (Å²) in [5.74, 6) is 1.24. The first-order valence-electron chi connectivity index (χ1n) is 6.97. The van der Waals surface area contributed by atoms with Crippen molar-refractivity contribution in [2.75, 3.05) is 14.2 Å². The number of hydrogen-bond acceptors (Lipinski definition) is 3. The van der Waals surface area contributed by atoms with Crippen molar-refractivity contribution in [3.05, 3.63) is 23.3 Å². The molecule has 1 fully saturated rings. The van der Waals surface area contributed by atoms with Crippen LogP contribution in [0.5, 0.6) is 11.5 Å². The largest absolute Gasteiger partial charge is 0.493 e. The first kappa shape index (κ1) is 15.1. The van der Waals surface area contributed by atoms with Crippen molar-refractivity contribution in [1.29, 1.82) is 0 Å². The molecular formula is C16H24FNO2. The van der Waals surface area contributed by atoms with E-state index in [1.54, 1.807) is 34.1 Å². The van der Waals surface area contributed by atoms with Crippen LogP contribution in [0.25, 0.3) is 0 Å². The molecule has 2 N–H and O–H groups in total. The van der Waals surface area contributed by atoms with E-state index >= 15 is 0 Å². The molecule has 1 atom stereocenters. The number of methoxy groups -OCH3 is 2. The fourth-order valence-corrected chi connectivity index (χ4v) is 2.78. The lowest BCUT2D eigenvalue weighted by atomic mass is 9.85. The van der Waals surface area contributed by atoms with Crippen molar-refractivity contribution in [2.24, 2.45) is 5.73 Å². The Bertz CT molecular complexity index is 502. The van der Waals surface area contributed by atoms with Gasteiger partial charge in [0.2, 0.25) is 0 Å². The molecule has 4 heteroatoms. The molecule has 0 heterocycles. The van der Waals surface area contributed by atoms with Crippen molar-refractivity contribution >= 4 is 0 Å². The Labute approximate surface area is 120 Å². The lowest BCUT2D eigenvalue weighted by Gasteiger charge is -2.26. The lowest BCUT2D eigenvalue weighted by molar-refractivity contribution is 0.219. The van der Waals surface area contributed by atoms with E-state index in [2.05, 4.69) is 0 Å². The molecule has 1 unspecified atom stereocenters. The number of rotatable bonds is 5. The van der Waals surface area contributed by atoms with Crippen LogP contribution in [0.3, 0.4) is 0 Å². The first-order valence-corrected chi connectivity index (χ1v) is 6.97. The molecular weight excluding hydrogens is 257 g/mol. The van der Waals surface area contributed by atoms with Crippen molar-refractivity contribution in [2.45, 2.75) is 50.7 Å². The van der Waals surface area contributed by atoms with Crippen LogP contribution in [-0.4, -0.2) is 20.3 Å². The zero-order chi connectivity index (χ0) is 15.1. The molecule has 1 aromatic carbocycles. The summed E-state index contributed by atoms with van der Waals surface area (Å²) in [6, 6.07) is 3.59. The van der Waals surface area contributed by atoms with Crippen LogP contribution in [0.4, 0.5) is 4.39 Å². The summed E-state index contributed by atoms with van der Waals surface area (Å²) in [5.41, 5.74) is 6.17. The summed E-state index contributed by atoms with van der Waals surface area (Å²) in [5, 5.41) is 0. The van der Waals surface area contributed by atoms with Gasteiger partial charge in [-0.3, -0.25) is 0 Å². The number of alkyl halides is 1. The van der Waals surface area contributed by atoms with E-state index in [1.165, 1.54) is 0 Å². The van der Waals surface area contributed by atoms with E-state index in [1.807, 2.05) is 13.0 Å². The molecule has 1 aliphatic carbocycles. The summed E-state index contributed by atoms with van der Waals surface area (Å²) < 4.78 is 25.2. The second kappa shape index (κ2) is 4.92. The number of nitrogens with two attached hydrogens (primary N) is 1. The van der Waals surface area contributed by atoms with Gasteiger partial charge in [-0.05, 0) is 51.3 Å². The molecule has 112 valence electrons. The summed E-state index contributed by atoms with van der Waals surface area (Å²) in [4.78, 5) is 0. The molecule has 0 bridgehead atoms. The standard InChI is InChI=1S/C16H24FNO2/c1-10(18)16(6-7-16)12-8-11(15(2,3)17)9-13(19-4)14(12)20-5/h8-10H,6-7,18H2,1-5H3. The molecule has 0 spiro atoms. The average molecular weight is 281 g/mol. The van der Waals surface area contributed by atoms with E-state index in [9.17, 15) is 4.39 Å². The fraction of sp³-hybridized carbons (Fsp3) is 0.625. The lowest BCUT2D eigenvalue weighted by Crippen LogP contribution is -2.32. The number of ether oxygens (including phenoxy) is 2. The Kier molecular flexibility index (Phi) is 3.71. The highest BCUT2D eigenvalue weighted by Crippen LogP contribution is 2.55. The monoisotopic (exact) mass is 281 g/mol. The second-order valence-electron chi connectivity index (χ2n) is 6.18. The Balaban J connectivity index is 2.65. The van der Waals surface area contributed by atoms with Crippen LogP contribution in [0, 0.1) is 0 Å². The number of halogens is 1. The molecule has 0 amide bonds. The van der Waals surface area contributed by atoms with Gasteiger partial charge in [0.15, 0.2) is 11.5 Å². The maximum absolute atomic E-state index is 14.3. The van der Waals surface area contributed by atoms with Gasteiger partial charge in [-0.2, -0.15) is 0 Å². The van der Waals surface area contributed by atoms with Crippen molar-refractivity contribution in [3.63, 3.8) is 0 Å². The topological polar surface area (TPSA) is 44.5 Å². The maximum atomic E-state index is 14.3. The zero-order valence-electron chi connectivity index (χ0n) is 12.9. The Morgan fingerprint density at radius 1 is 1.25 bits per heavy atom. The van der Waals surface area contributed by atoms with Gasteiger partial charge in [0.25, 0.3) is 0 Å². The second-order valence-corrected chi connectivity index (χ2v) is 6.18. The summed E-state index contributed by atoms with van der Waals surface area (Å²) in [6.07, 6.45) is 2.00. The van der Waals surface area contributed by atoms with Crippen LogP contribution in [0.15, 0.2) is 12.1 Å². The van der Waals surface area contributed by atoms with E-state index in [0.29, 0.717) is 17.1 Å². The molecule has 0 aromatic heterocycles. The Morgan fingerprint density at radius 2 is 1.85 bits per heavy atom. The van der Waals surface area contributed by atoms with Gasteiger partial charge in [0.1, 0.15) is 5.67 Å². The Morgan fingerprint density at radius 3 is 2.20 bits per heavy atom. The molecule has 20 heavy (non-hydrogen) atoms. The van der Waals surface area contributed by atoms with Gasteiger partial charge in [-0.1, -0.05) is 0 Å². The van der Waals surface area contributed by atoms with Crippen molar-refractivity contribution < 1.29 is 13.9 Å². The SMILES string of the molecule is COc1cc(C(C)(C)F)cc(C2(C(C)N)CC2)c1OC. The highest BCUT2D eigenvalue weighted by molar-refractivity contribution is 5.56. The van der Waals surface area contributed by atoms with Crippen molar-refractivity contribution in [3.8, 4) is 11.5 Å². The summed E-state index contributed by atoms with van der Waals surface area (Å²) in [7, 11) is 3.18. The minimum absolute atomic E-state index is 0.000852. The van der Waals surface area contributed by atoms with Crippen LogP contribution >= 0.6 is 0 Å². The average Bonchev–Trinajstić information content (AvgIpc) is 3.17. The maximum Gasteiger partial charge on any atom is 0.164 e. The predicted molar refractivity (Wildman–Crippen MR) is 78.2 cm³/mol. The normalized spacial score (nSPS) is 18.6. The molecule has 1 saturated carbocycles. The van der Waals surface area contributed by atoms with Gasteiger partial charge in [-0.15, -0.1) is 0 Å². The number of benzene rings is 1. The van der Waals surface area contributed by atoms with E-state index in [4.69, 9.17) is 15.2 Å². The van der Waals surface area contributed by atoms with Gasteiger partial charge in [0.05, 0.1) is 14.2 Å². The molecule has 3 nitrogen and oxygen atoms in total. The van der Waals surface area contributed by atoms with E-state index in [0.717, 1.165) is 18.4 Å². The Hall–Kier alpha value is -1.29. The molecule has 0 radical (unpaired) electrons. The molecule has 0 saturated heterocycles. The van der Waals surface area contributed by atoms with Gasteiger partial charge in [-0.25, -0.2) is 4.39 Å². The first-order chi connectivity index (χ1) is 9.26. The molecule has 1 aromatic rings. The minimum Gasteiger partial charge on any atom is -0.493 e. The quantitative estimate of drug-likeness (QED) is 0.900. The molecule has 0 aliphatic heterocycles. The van der Waals surface area contributed by atoms with Gasteiger partial charge in [0, 0.05) is 17.0 Å². The highest BCUT2D eigenvalue weighted by atomic mass is 19.1. The van der Waals surface area contributed by atoms with E-state index in [-0.39, 0.29) is 11.5 Å². The fourth-order valence-electron chi connectivity index (χ4n) is 2.78. The third-order valence-corrected chi connectivity index (χ3v) is 4.36. The summed E-state index contributed by atoms with van der Waals surface area (Å²) in [6.45, 7) is 5.08. The highest BCUT2D eigenvalue weighted by Gasteiger charge is 2.50. The van der Waals surface area contributed by atoms with Crippen molar-refractivity contribution in [1.82, 2.24) is 0 Å². The smallest absolute Gasteiger partial charge is 0.164 e. The van der Waals surface area contributed by atoms with Gasteiger partial charge < -0.3 is 15.2 Å². The third-order valence-electron chi connectivity index (χ3n) is 4.36. The van der Waals surface area contributed by atoms with Crippen LogP contribution in [-0.2, 0) is 11.1 Å². The molecule has 2 rings (SSSR count). The van der Waals surface area contributed by atoms with E-state index < -0.39 is 5.67 Å². The third kappa shape index (κ3) is 2.37. The van der Waals surface area contributed by atoms with Crippen LogP contribution in [0.1, 0.15) is 44.7 Å². The molecule has 1 aliphatic rings. The minimum atomic E-state index is -1.43. The van der Waals surface area contributed by atoms with Crippen LogP contribution in [0.2, 0.25) is 0 Å². The zero-order valence-corrected chi connectivity index (χ0v) is 12.9. The van der Waals surface area contributed by atoms with Crippen LogP contribution < -0.4 is 15.2 Å². The van der Waals surface area contributed by atoms with Gasteiger partial charge >= 0.3 is 0 Å². The summed E-state index contributed by atoms with van der Waals surface area (Å²) >= 11 is 0. The number of hydrogen-bond donors (Lipinski definition) is 1. The predicted octanol–water partition coefficient (Wildman–Crippen LogP) is 3.29.